The molecule has 2 aromatic carbocycles. The molecule has 172 valence electrons. The van der Waals surface area contributed by atoms with E-state index >= 15 is 0 Å². The summed E-state index contributed by atoms with van der Waals surface area (Å²) in [6.45, 7) is 1.15. The third-order valence-electron chi connectivity index (χ3n) is 5.37. The highest BCUT2D eigenvalue weighted by Crippen LogP contribution is 2.31. The first kappa shape index (κ1) is 23.0. The van der Waals surface area contributed by atoms with Crippen molar-refractivity contribution in [3.63, 3.8) is 0 Å². The highest BCUT2D eigenvalue weighted by atomic mass is 35.5. The van der Waals surface area contributed by atoms with E-state index in [1.807, 2.05) is 0 Å². The van der Waals surface area contributed by atoms with Gasteiger partial charge in [-0.1, -0.05) is 29.0 Å². The minimum absolute atomic E-state index is 0.0143. The first-order valence-electron chi connectivity index (χ1n) is 10.4. The number of nitrogens with zero attached hydrogens (tertiary/aromatic N) is 3. The summed E-state index contributed by atoms with van der Waals surface area (Å²) in [5.41, 5.74) is 1.10. The number of carbonyl (C=O) groups excluding carboxylic acids is 2. The topological polar surface area (TPSA) is 93.7 Å². The number of ether oxygens (including phenoxy) is 2. The van der Waals surface area contributed by atoms with Gasteiger partial charge in [0.15, 0.2) is 0 Å². The molecule has 2 amide bonds. The normalized spacial score (nSPS) is 15.7. The fourth-order valence-corrected chi connectivity index (χ4v) is 4.77. The van der Waals surface area contributed by atoms with Gasteiger partial charge in [-0.05, 0) is 43.2 Å². The highest BCUT2D eigenvalue weighted by molar-refractivity contribution is 7.13. The predicted octanol–water partition coefficient (Wildman–Crippen LogP) is 4.48. The summed E-state index contributed by atoms with van der Waals surface area (Å²) in [6.07, 6.45) is 1.71. The Bertz CT molecular complexity index is 1150. The van der Waals surface area contributed by atoms with Crippen LogP contribution in [0.5, 0.6) is 11.5 Å². The molecule has 1 unspecified atom stereocenters. The van der Waals surface area contributed by atoms with Crippen LogP contribution in [-0.2, 0) is 0 Å². The summed E-state index contributed by atoms with van der Waals surface area (Å²) in [5, 5.41) is 12.6. The van der Waals surface area contributed by atoms with Crippen LogP contribution in [0.2, 0.25) is 5.02 Å². The number of piperidine rings is 1. The Hall–Kier alpha value is -3.17. The zero-order valence-electron chi connectivity index (χ0n) is 18.2. The lowest BCUT2D eigenvalue weighted by Crippen LogP contribution is -2.39. The van der Waals surface area contributed by atoms with Gasteiger partial charge in [0.05, 0.1) is 14.2 Å². The number of anilines is 1. The van der Waals surface area contributed by atoms with E-state index in [-0.39, 0.29) is 22.7 Å². The van der Waals surface area contributed by atoms with Gasteiger partial charge in [0.25, 0.3) is 11.8 Å². The molecular weight excluding hydrogens is 464 g/mol. The third kappa shape index (κ3) is 5.43. The minimum atomic E-state index is -0.340. The van der Waals surface area contributed by atoms with Crippen LogP contribution in [0, 0.1) is 0 Å². The van der Waals surface area contributed by atoms with Crippen LogP contribution in [0.25, 0.3) is 0 Å². The maximum Gasteiger partial charge on any atom is 0.286 e. The molecule has 0 saturated carbocycles. The smallest absolute Gasteiger partial charge is 0.286 e. The summed E-state index contributed by atoms with van der Waals surface area (Å²) in [7, 11) is 3.10. The van der Waals surface area contributed by atoms with Crippen molar-refractivity contribution in [1.82, 2.24) is 15.1 Å². The predicted molar refractivity (Wildman–Crippen MR) is 127 cm³/mol. The number of amides is 2. The summed E-state index contributed by atoms with van der Waals surface area (Å²) in [5.74, 6) is 0.700. The Morgan fingerprint density at radius 3 is 2.58 bits per heavy atom. The van der Waals surface area contributed by atoms with Crippen molar-refractivity contribution >= 4 is 40.4 Å². The Morgan fingerprint density at radius 1 is 1.12 bits per heavy atom. The average molecular weight is 487 g/mol. The summed E-state index contributed by atoms with van der Waals surface area (Å²) >= 11 is 7.22. The van der Waals surface area contributed by atoms with Gasteiger partial charge in [-0.3, -0.25) is 9.59 Å². The number of methoxy groups -OCH3 is 2. The lowest BCUT2D eigenvalue weighted by atomic mass is 9.98. The van der Waals surface area contributed by atoms with E-state index < -0.39 is 0 Å². The van der Waals surface area contributed by atoms with E-state index in [9.17, 15) is 9.59 Å². The largest absolute Gasteiger partial charge is 0.497 e. The minimum Gasteiger partial charge on any atom is -0.497 e. The van der Waals surface area contributed by atoms with Crippen LogP contribution >= 0.6 is 22.9 Å². The van der Waals surface area contributed by atoms with Gasteiger partial charge in [0, 0.05) is 41.3 Å². The molecule has 0 aliphatic carbocycles. The molecule has 1 aliphatic heterocycles. The fourth-order valence-electron chi connectivity index (χ4n) is 3.72. The number of likely N-dealkylation sites (tertiary alicyclic amines) is 1. The van der Waals surface area contributed by atoms with Crippen molar-refractivity contribution in [1.29, 1.82) is 0 Å². The number of nitrogens with one attached hydrogen (secondary N) is 1. The summed E-state index contributed by atoms with van der Waals surface area (Å²) < 4.78 is 10.6. The van der Waals surface area contributed by atoms with Crippen molar-refractivity contribution in [2.24, 2.45) is 0 Å². The molecule has 0 radical (unpaired) electrons. The first-order valence-corrected chi connectivity index (χ1v) is 11.6. The molecule has 0 spiro atoms. The Labute approximate surface area is 200 Å². The Balaban J connectivity index is 1.45. The number of halogens is 1. The molecule has 2 heterocycles. The molecule has 0 bridgehead atoms. The van der Waals surface area contributed by atoms with E-state index in [0.29, 0.717) is 40.9 Å². The second-order valence-corrected chi connectivity index (χ2v) is 9.05. The summed E-state index contributed by atoms with van der Waals surface area (Å²) in [4.78, 5) is 27.5. The van der Waals surface area contributed by atoms with Gasteiger partial charge < -0.3 is 19.7 Å². The fraction of sp³-hybridized carbons (Fsp3) is 0.304. The molecule has 33 heavy (non-hydrogen) atoms. The third-order valence-corrected chi connectivity index (χ3v) is 6.69. The molecule has 1 atom stereocenters. The average Bonchev–Trinajstić information content (AvgIpc) is 3.34. The van der Waals surface area contributed by atoms with E-state index in [2.05, 4.69) is 15.5 Å². The van der Waals surface area contributed by atoms with Crippen molar-refractivity contribution in [2.75, 3.05) is 32.6 Å². The van der Waals surface area contributed by atoms with Crippen LogP contribution in [-0.4, -0.2) is 54.2 Å². The van der Waals surface area contributed by atoms with Gasteiger partial charge >= 0.3 is 0 Å². The van der Waals surface area contributed by atoms with Gasteiger partial charge in [-0.25, -0.2) is 0 Å². The second-order valence-electron chi connectivity index (χ2n) is 7.60. The van der Waals surface area contributed by atoms with Gasteiger partial charge in [0.1, 0.15) is 16.5 Å². The van der Waals surface area contributed by atoms with Crippen LogP contribution in [0.4, 0.5) is 5.69 Å². The lowest BCUT2D eigenvalue weighted by molar-refractivity contribution is 0.0706. The zero-order valence-corrected chi connectivity index (χ0v) is 19.8. The monoisotopic (exact) mass is 486 g/mol. The van der Waals surface area contributed by atoms with Crippen LogP contribution in [0.3, 0.4) is 0 Å². The Morgan fingerprint density at radius 2 is 1.88 bits per heavy atom. The van der Waals surface area contributed by atoms with Crippen molar-refractivity contribution < 1.29 is 19.1 Å². The second kappa shape index (κ2) is 10.2. The van der Waals surface area contributed by atoms with Crippen molar-refractivity contribution in [2.45, 2.75) is 18.8 Å². The molecule has 8 nitrogen and oxygen atoms in total. The van der Waals surface area contributed by atoms with Crippen molar-refractivity contribution in [3.8, 4) is 11.5 Å². The zero-order chi connectivity index (χ0) is 23.4. The number of rotatable bonds is 6. The van der Waals surface area contributed by atoms with E-state index in [1.165, 1.54) is 11.3 Å². The molecular formula is C23H23ClN4O4S. The Kier molecular flexibility index (Phi) is 7.10. The molecule has 1 fully saturated rings. The van der Waals surface area contributed by atoms with Crippen molar-refractivity contribution in [3.05, 3.63) is 63.1 Å². The van der Waals surface area contributed by atoms with Gasteiger partial charge in [0.2, 0.25) is 5.01 Å². The van der Waals surface area contributed by atoms with E-state index in [1.54, 1.807) is 61.6 Å². The van der Waals surface area contributed by atoms with E-state index in [4.69, 9.17) is 21.1 Å². The SMILES string of the molecule is COc1cc(OC)cc(C(=O)N2CCCC(c3nnc(C(=O)Nc4cccc(Cl)c4)s3)C2)c1. The maximum atomic E-state index is 13.2. The van der Waals surface area contributed by atoms with E-state index in [0.717, 1.165) is 17.8 Å². The standard InChI is InChI=1S/C23H23ClN4O4S/c1-31-18-9-15(10-19(12-18)32-2)23(30)28-8-4-5-14(13-28)21-26-27-22(33-21)20(29)25-17-7-3-6-16(24)11-17/h3,6-7,9-12,14H,4-5,8,13H2,1-2H3,(H,25,29). The van der Waals surface area contributed by atoms with Gasteiger partial charge in [-0.2, -0.15) is 0 Å². The molecule has 1 aliphatic rings. The number of hydrogen-bond acceptors (Lipinski definition) is 7. The molecule has 3 aromatic rings. The van der Waals surface area contributed by atoms with Gasteiger partial charge in [-0.15, -0.1) is 10.2 Å². The van der Waals surface area contributed by atoms with Crippen LogP contribution in [0.15, 0.2) is 42.5 Å². The maximum absolute atomic E-state index is 13.2. The van der Waals surface area contributed by atoms with Crippen LogP contribution < -0.4 is 14.8 Å². The number of carbonyl (C=O) groups is 2. The molecule has 4 rings (SSSR count). The molecule has 10 heteroatoms. The van der Waals surface area contributed by atoms with Crippen LogP contribution in [0.1, 0.15) is 43.9 Å². The lowest BCUT2D eigenvalue weighted by Gasteiger charge is -2.31. The first-order chi connectivity index (χ1) is 16.0. The quantitative estimate of drug-likeness (QED) is 0.552. The highest BCUT2D eigenvalue weighted by Gasteiger charge is 2.29. The molecule has 1 aromatic heterocycles. The molecule has 1 saturated heterocycles. The molecule has 1 N–H and O–H groups in total. The number of aromatic nitrogens is 2. The summed E-state index contributed by atoms with van der Waals surface area (Å²) in [6, 6.07) is 12.1. The number of hydrogen-bond donors (Lipinski definition) is 1. The number of benzene rings is 2.